The van der Waals surface area contributed by atoms with Crippen molar-refractivity contribution in [1.82, 2.24) is 19.3 Å². The lowest BCUT2D eigenvalue weighted by atomic mass is 10.1. The van der Waals surface area contributed by atoms with Gasteiger partial charge in [-0.1, -0.05) is 6.07 Å². The Labute approximate surface area is 148 Å². The first kappa shape index (κ1) is 16.2. The molecule has 0 aliphatic heterocycles. The Bertz CT molecular complexity index is 897. The fourth-order valence-electron chi connectivity index (χ4n) is 2.39. The topological polar surface area (TPSA) is 65.1 Å². The van der Waals surface area contributed by atoms with Gasteiger partial charge < -0.3 is 9.84 Å². The quantitative estimate of drug-likeness (QED) is 0.377. The van der Waals surface area contributed by atoms with E-state index in [-0.39, 0.29) is 13.2 Å². The van der Waals surface area contributed by atoms with E-state index >= 15 is 0 Å². The Morgan fingerprint density at radius 2 is 2.30 bits per heavy atom. The van der Waals surface area contributed by atoms with Gasteiger partial charge in [0.05, 0.1) is 30.3 Å². The molecule has 0 saturated heterocycles. The zero-order valence-corrected chi connectivity index (χ0v) is 15.5. The molecule has 0 aliphatic carbocycles. The number of aliphatic hydroxyl groups is 1. The van der Waals surface area contributed by atoms with Crippen LogP contribution in [0.25, 0.3) is 22.0 Å². The first-order valence-corrected chi connectivity index (χ1v) is 10.9. The third-order valence-corrected chi connectivity index (χ3v) is 5.29. The number of aryl methyl sites for hydroxylation is 1. The number of aliphatic hydroxyl groups excluding tert-OH is 1. The Kier molecular flexibility index (Phi) is 4.85. The number of rotatable bonds is 5. The second kappa shape index (κ2) is 6.87. The van der Waals surface area contributed by atoms with E-state index in [2.05, 4.69) is 38.2 Å². The van der Waals surface area contributed by atoms with Crippen LogP contribution in [0.15, 0.2) is 24.4 Å². The molecule has 3 aromatic rings. The number of fused-ring (bicyclic) bond motifs is 1. The van der Waals surface area contributed by atoms with E-state index in [4.69, 9.17) is 16.3 Å². The zero-order chi connectivity index (χ0) is 16.4. The van der Waals surface area contributed by atoms with Crippen molar-refractivity contribution in [3.63, 3.8) is 0 Å². The highest BCUT2D eigenvalue weighted by atomic mass is 127. The van der Waals surface area contributed by atoms with Crippen LogP contribution in [0, 0.1) is 12.3 Å². The van der Waals surface area contributed by atoms with Gasteiger partial charge in [0.2, 0.25) is 5.88 Å². The molecule has 0 amide bonds. The number of hydrogen-bond acceptors (Lipinski definition) is 4. The largest absolute Gasteiger partial charge is 0.475 e. The average Bonchev–Trinajstić information content (AvgIpc) is 3.12. The summed E-state index contributed by atoms with van der Waals surface area (Å²) in [5, 5.41) is 18.6. The van der Waals surface area contributed by atoms with Crippen molar-refractivity contribution in [3.05, 3.63) is 30.1 Å². The lowest BCUT2D eigenvalue weighted by molar-refractivity contribution is 0.192. The van der Waals surface area contributed by atoms with Crippen LogP contribution < -0.4 is 4.74 Å². The first-order valence-electron chi connectivity index (χ1n) is 6.81. The van der Waals surface area contributed by atoms with Crippen LogP contribution in [0.2, 0.25) is 0 Å². The minimum atomic E-state index is -0.0474. The number of hydrogen-bond donors (Lipinski definition) is 1. The van der Waals surface area contributed by atoms with Gasteiger partial charge >= 0.3 is 0 Å². The SMILES string of the molecule is C#Cc1nn(PI)c2ccc(-c3cnn(C)c3OCCO)cc12. The van der Waals surface area contributed by atoms with Crippen molar-refractivity contribution in [2.45, 2.75) is 0 Å². The van der Waals surface area contributed by atoms with Crippen molar-refractivity contribution in [2.75, 3.05) is 13.2 Å². The van der Waals surface area contributed by atoms with Crippen LogP contribution in [-0.4, -0.2) is 37.7 Å². The fourth-order valence-corrected chi connectivity index (χ4v) is 3.92. The summed E-state index contributed by atoms with van der Waals surface area (Å²) in [7, 11) is 1.80. The lowest BCUT2D eigenvalue weighted by Crippen LogP contribution is -2.06. The standard InChI is InChI=1S/C15H14IN4O2P/c1-3-13-11-8-10(4-5-14(11)20(18-13)23-16)12-9-17-19(2)15(12)22-7-6-21/h1,4-5,8-9,21,23H,6-7H2,2H3. The van der Waals surface area contributed by atoms with Gasteiger partial charge in [-0.2, -0.15) is 10.2 Å². The predicted octanol–water partition coefficient (Wildman–Crippen LogP) is 2.58. The van der Waals surface area contributed by atoms with E-state index in [1.165, 1.54) is 0 Å². The molecule has 1 atom stereocenters. The predicted molar refractivity (Wildman–Crippen MR) is 100 cm³/mol. The zero-order valence-electron chi connectivity index (χ0n) is 12.3. The van der Waals surface area contributed by atoms with Crippen LogP contribution in [-0.2, 0) is 7.05 Å². The smallest absolute Gasteiger partial charge is 0.219 e. The molecule has 0 fully saturated rings. The van der Waals surface area contributed by atoms with Crippen molar-refractivity contribution in [3.8, 4) is 29.4 Å². The number of benzene rings is 1. The molecule has 23 heavy (non-hydrogen) atoms. The molecule has 0 radical (unpaired) electrons. The maximum absolute atomic E-state index is 8.97. The number of nitrogens with zero attached hydrogens (tertiary/aromatic N) is 4. The van der Waals surface area contributed by atoms with Gasteiger partial charge in [0.15, 0.2) is 0 Å². The number of halogens is 1. The summed E-state index contributed by atoms with van der Waals surface area (Å²) in [5.41, 5.74) is 3.45. The summed E-state index contributed by atoms with van der Waals surface area (Å²) < 4.78 is 9.15. The van der Waals surface area contributed by atoms with Gasteiger partial charge in [-0.3, -0.25) is 0 Å². The number of terminal acetylenes is 1. The number of aromatic nitrogens is 4. The van der Waals surface area contributed by atoms with E-state index in [0.717, 1.165) is 22.0 Å². The van der Waals surface area contributed by atoms with Crippen LogP contribution in [0.3, 0.4) is 0 Å². The molecule has 0 spiro atoms. The summed E-state index contributed by atoms with van der Waals surface area (Å²) in [6, 6.07) is 6.01. The van der Waals surface area contributed by atoms with E-state index in [1.54, 1.807) is 17.9 Å². The Morgan fingerprint density at radius 3 is 3.00 bits per heavy atom. The molecule has 0 bridgehead atoms. The van der Waals surface area contributed by atoms with Gasteiger partial charge in [-0.15, -0.1) is 6.42 Å². The summed E-state index contributed by atoms with van der Waals surface area (Å²) in [6.07, 6.45) is 7.81. The normalized spacial score (nSPS) is 11.4. The van der Waals surface area contributed by atoms with E-state index < -0.39 is 0 Å². The Morgan fingerprint density at radius 1 is 1.48 bits per heavy atom. The molecule has 1 unspecified atom stereocenters. The van der Waals surface area contributed by atoms with E-state index in [9.17, 15) is 0 Å². The highest BCUT2D eigenvalue weighted by Gasteiger charge is 2.15. The van der Waals surface area contributed by atoms with Crippen LogP contribution in [0.5, 0.6) is 5.88 Å². The maximum atomic E-state index is 8.97. The second-order valence-electron chi connectivity index (χ2n) is 4.78. The molecule has 2 heterocycles. The van der Waals surface area contributed by atoms with Gasteiger partial charge in [0.25, 0.3) is 0 Å². The third-order valence-electron chi connectivity index (χ3n) is 3.42. The van der Waals surface area contributed by atoms with Crippen molar-refractivity contribution in [1.29, 1.82) is 0 Å². The molecule has 0 aliphatic rings. The Balaban J connectivity index is 2.13. The molecule has 2 aromatic heterocycles. The monoisotopic (exact) mass is 440 g/mol. The second-order valence-corrected chi connectivity index (χ2v) is 6.82. The minimum Gasteiger partial charge on any atom is -0.475 e. The summed E-state index contributed by atoms with van der Waals surface area (Å²) in [6.45, 7) is 0.173. The van der Waals surface area contributed by atoms with Gasteiger partial charge in [-0.05, 0) is 45.7 Å². The van der Waals surface area contributed by atoms with Crippen LogP contribution in [0.4, 0.5) is 0 Å². The fraction of sp³-hybridized carbons (Fsp3) is 0.200. The van der Waals surface area contributed by atoms with Crippen molar-refractivity contribution < 1.29 is 9.84 Å². The van der Waals surface area contributed by atoms with Crippen molar-refractivity contribution in [2.24, 2.45) is 7.05 Å². The van der Waals surface area contributed by atoms with Crippen molar-refractivity contribution >= 4 is 39.3 Å². The molecule has 6 nitrogen and oxygen atoms in total. The molecule has 118 valence electrons. The van der Waals surface area contributed by atoms with Gasteiger partial charge in [0, 0.05) is 12.4 Å². The highest BCUT2D eigenvalue weighted by Crippen LogP contribution is 2.35. The lowest BCUT2D eigenvalue weighted by Gasteiger charge is -2.08. The molecular weight excluding hydrogens is 426 g/mol. The first-order chi connectivity index (χ1) is 11.2. The van der Waals surface area contributed by atoms with Gasteiger partial charge in [-0.25, -0.2) is 9.13 Å². The van der Waals surface area contributed by atoms with Crippen LogP contribution in [0.1, 0.15) is 5.69 Å². The summed E-state index contributed by atoms with van der Waals surface area (Å²) in [5.74, 6) is 3.26. The molecule has 1 N–H and O–H groups in total. The summed E-state index contributed by atoms with van der Waals surface area (Å²) in [4.78, 5) is 0. The molecule has 3 rings (SSSR count). The van der Waals surface area contributed by atoms with E-state index in [1.807, 2.05) is 22.7 Å². The average molecular weight is 440 g/mol. The molecule has 0 saturated carbocycles. The minimum absolute atomic E-state index is 0.0474. The van der Waals surface area contributed by atoms with Gasteiger partial charge in [0.1, 0.15) is 12.3 Å². The highest BCUT2D eigenvalue weighted by molar-refractivity contribution is 14.2. The third kappa shape index (κ3) is 2.94. The summed E-state index contributed by atoms with van der Waals surface area (Å²) >= 11 is 2.28. The maximum Gasteiger partial charge on any atom is 0.219 e. The van der Waals surface area contributed by atoms with Crippen LogP contribution >= 0.6 is 28.4 Å². The Hall–Kier alpha value is -1.62. The molecule has 8 heteroatoms. The molecule has 1 aromatic carbocycles. The van der Waals surface area contributed by atoms with E-state index in [0.29, 0.717) is 17.9 Å². The molecular formula is C15H14IN4O2P. The number of ether oxygens (including phenoxy) is 1.